The summed E-state index contributed by atoms with van der Waals surface area (Å²) in [7, 11) is -4.10. The van der Waals surface area contributed by atoms with Gasteiger partial charge >= 0.3 is 0 Å². The van der Waals surface area contributed by atoms with Crippen LogP contribution in [0.15, 0.2) is 56.2 Å². The van der Waals surface area contributed by atoms with Crippen LogP contribution in [0, 0.1) is 6.92 Å². The Hall–Kier alpha value is -3.05. The SMILES string of the molecule is Cc1ccc(S(=O)(=O)c2cc(N=C=O)ccc2O)cc1N=C=O. The van der Waals surface area contributed by atoms with Crippen molar-refractivity contribution in [2.24, 2.45) is 9.98 Å². The number of aliphatic imine (C=N–C) groups is 2. The first-order valence-corrected chi connectivity index (χ1v) is 7.73. The molecule has 7 nitrogen and oxygen atoms in total. The fourth-order valence-corrected chi connectivity index (χ4v) is 3.28. The number of nitrogens with zero attached hydrogens (tertiary/aromatic N) is 2. The predicted octanol–water partition coefficient (Wildman–Crippen LogP) is 2.47. The lowest BCUT2D eigenvalue weighted by atomic mass is 10.2. The van der Waals surface area contributed by atoms with Gasteiger partial charge in [-0.05, 0) is 42.8 Å². The molecule has 0 heterocycles. The summed E-state index contributed by atoms with van der Waals surface area (Å²) in [5.74, 6) is -0.490. The average Bonchev–Trinajstić information content (AvgIpc) is 2.51. The zero-order chi connectivity index (χ0) is 17.0. The van der Waals surface area contributed by atoms with Crippen LogP contribution in [0.4, 0.5) is 11.4 Å². The van der Waals surface area contributed by atoms with E-state index in [4.69, 9.17) is 0 Å². The number of aromatic hydroxyl groups is 1. The number of isocyanates is 2. The van der Waals surface area contributed by atoms with Crippen LogP contribution >= 0.6 is 0 Å². The molecule has 0 spiro atoms. The summed E-state index contributed by atoms with van der Waals surface area (Å²) in [6.07, 6.45) is 2.65. The normalized spacial score (nSPS) is 10.5. The molecule has 0 aliphatic heterocycles. The van der Waals surface area contributed by atoms with E-state index in [1.165, 1.54) is 36.4 Å². The van der Waals surface area contributed by atoms with Gasteiger partial charge in [0, 0.05) is 0 Å². The number of benzene rings is 2. The first-order valence-electron chi connectivity index (χ1n) is 6.24. The van der Waals surface area contributed by atoms with Crippen molar-refractivity contribution in [1.29, 1.82) is 0 Å². The molecule has 0 saturated heterocycles. The molecule has 0 fully saturated rings. The standard InChI is InChI=1S/C15H10N2O5S/c1-10-2-4-12(7-13(10)17-9-19)23(21,22)15-6-11(16-8-18)3-5-14(15)20/h2-7,20H,1H3. The molecule has 0 radical (unpaired) electrons. The molecule has 0 atom stereocenters. The molecule has 2 rings (SSSR count). The number of aryl methyl sites for hydroxylation is 1. The van der Waals surface area contributed by atoms with Gasteiger partial charge in [-0.25, -0.2) is 18.0 Å². The first-order chi connectivity index (χ1) is 10.9. The van der Waals surface area contributed by atoms with Gasteiger partial charge in [-0.2, -0.15) is 9.98 Å². The second kappa shape index (κ2) is 6.37. The maximum absolute atomic E-state index is 12.6. The number of phenolic OH excluding ortho intramolecular Hbond substituents is 1. The molecule has 2 aromatic rings. The Kier molecular flexibility index (Phi) is 4.52. The van der Waals surface area contributed by atoms with Crippen LogP contribution < -0.4 is 0 Å². The van der Waals surface area contributed by atoms with Gasteiger partial charge in [0.15, 0.2) is 0 Å². The van der Waals surface area contributed by atoms with Crippen LogP contribution in [0.3, 0.4) is 0 Å². The van der Waals surface area contributed by atoms with E-state index in [9.17, 15) is 23.1 Å². The number of carbonyl (C=O) groups excluding carboxylic acids is 2. The van der Waals surface area contributed by atoms with Crippen molar-refractivity contribution in [2.75, 3.05) is 0 Å². The summed E-state index contributed by atoms with van der Waals surface area (Å²) < 4.78 is 25.3. The third-order valence-corrected chi connectivity index (χ3v) is 4.85. The molecular formula is C15H10N2O5S. The Morgan fingerprint density at radius 1 is 1.00 bits per heavy atom. The lowest BCUT2D eigenvalue weighted by Gasteiger charge is -2.08. The minimum absolute atomic E-state index is 0.0367. The molecular weight excluding hydrogens is 320 g/mol. The van der Waals surface area contributed by atoms with Gasteiger partial charge in [0.2, 0.25) is 22.0 Å². The van der Waals surface area contributed by atoms with Gasteiger partial charge in [0.1, 0.15) is 10.6 Å². The second-order valence-corrected chi connectivity index (χ2v) is 6.43. The van der Waals surface area contributed by atoms with Crippen LogP contribution in [0.25, 0.3) is 0 Å². The third kappa shape index (κ3) is 3.25. The van der Waals surface area contributed by atoms with Crippen LogP contribution in [0.5, 0.6) is 5.75 Å². The van der Waals surface area contributed by atoms with Crippen molar-refractivity contribution in [1.82, 2.24) is 0 Å². The van der Waals surface area contributed by atoms with Crippen molar-refractivity contribution in [3.05, 3.63) is 42.0 Å². The van der Waals surface area contributed by atoms with Crippen molar-refractivity contribution in [3.8, 4) is 5.75 Å². The molecule has 1 N–H and O–H groups in total. The van der Waals surface area contributed by atoms with Gasteiger partial charge in [0.05, 0.1) is 16.3 Å². The maximum Gasteiger partial charge on any atom is 0.240 e. The first kappa shape index (κ1) is 16.3. The summed E-state index contributed by atoms with van der Waals surface area (Å²) >= 11 is 0. The van der Waals surface area contributed by atoms with Crippen LogP contribution in [0.2, 0.25) is 0 Å². The molecule has 0 saturated carbocycles. The van der Waals surface area contributed by atoms with Crippen molar-refractivity contribution in [3.63, 3.8) is 0 Å². The van der Waals surface area contributed by atoms with Gasteiger partial charge in [-0.1, -0.05) is 6.07 Å². The Balaban J connectivity index is 2.68. The molecule has 0 aliphatic rings. The van der Waals surface area contributed by atoms with Crippen molar-refractivity contribution >= 4 is 33.4 Å². The van der Waals surface area contributed by atoms with E-state index in [1.807, 2.05) is 0 Å². The average molecular weight is 330 g/mol. The van der Waals surface area contributed by atoms with Crippen LogP contribution in [-0.4, -0.2) is 25.7 Å². The molecule has 8 heteroatoms. The summed E-state index contributed by atoms with van der Waals surface area (Å²) in [6.45, 7) is 1.66. The van der Waals surface area contributed by atoms with E-state index < -0.39 is 20.5 Å². The highest BCUT2D eigenvalue weighted by Gasteiger charge is 2.23. The molecule has 2 aromatic carbocycles. The van der Waals surface area contributed by atoms with E-state index in [2.05, 4.69) is 9.98 Å². The minimum Gasteiger partial charge on any atom is -0.507 e. The fraction of sp³-hybridized carbons (Fsp3) is 0.0667. The molecule has 23 heavy (non-hydrogen) atoms. The highest BCUT2D eigenvalue weighted by atomic mass is 32.2. The predicted molar refractivity (Wildman–Crippen MR) is 80.3 cm³/mol. The fourth-order valence-electron chi connectivity index (χ4n) is 1.89. The Bertz CT molecular complexity index is 969. The highest BCUT2D eigenvalue weighted by Crippen LogP contribution is 2.33. The molecule has 0 aliphatic carbocycles. The molecule has 0 unspecified atom stereocenters. The quantitative estimate of drug-likeness (QED) is 0.683. The van der Waals surface area contributed by atoms with Crippen molar-refractivity contribution < 1.29 is 23.1 Å². The Morgan fingerprint density at radius 2 is 1.70 bits per heavy atom. The molecule has 0 bridgehead atoms. The summed E-state index contributed by atoms with van der Waals surface area (Å²) in [5.41, 5.74) is 0.785. The zero-order valence-electron chi connectivity index (χ0n) is 11.8. The molecule has 0 amide bonds. The number of hydrogen-bond donors (Lipinski definition) is 1. The number of hydrogen-bond acceptors (Lipinski definition) is 7. The Labute approximate surface area is 131 Å². The molecule has 116 valence electrons. The van der Waals surface area contributed by atoms with E-state index in [0.717, 1.165) is 12.1 Å². The van der Waals surface area contributed by atoms with Crippen molar-refractivity contribution in [2.45, 2.75) is 16.7 Å². The highest BCUT2D eigenvalue weighted by molar-refractivity contribution is 7.91. The van der Waals surface area contributed by atoms with Gasteiger partial charge in [-0.3, -0.25) is 0 Å². The number of rotatable bonds is 4. The zero-order valence-corrected chi connectivity index (χ0v) is 12.7. The molecule has 0 aromatic heterocycles. The maximum atomic E-state index is 12.6. The van der Waals surface area contributed by atoms with Gasteiger partial charge < -0.3 is 5.11 Å². The van der Waals surface area contributed by atoms with E-state index in [-0.39, 0.29) is 16.3 Å². The Morgan fingerprint density at radius 3 is 2.35 bits per heavy atom. The summed E-state index contributed by atoms with van der Waals surface area (Å²) in [6, 6.07) is 7.44. The topological polar surface area (TPSA) is 113 Å². The summed E-state index contributed by atoms with van der Waals surface area (Å²) in [5, 5.41) is 9.82. The monoisotopic (exact) mass is 330 g/mol. The lowest BCUT2D eigenvalue weighted by molar-refractivity contribution is 0.459. The van der Waals surface area contributed by atoms with E-state index in [1.54, 1.807) is 6.92 Å². The van der Waals surface area contributed by atoms with Gasteiger partial charge in [0.25, 0.3) is 0 Å². The van der Waals surface area contributed by atoms with E-state index >= 15 is 0 Å². The van der Waals surface area contributed by atoms with Gasteiger partial charge in [-0.15, -0.1) is 0 Å². The summed E-state index contributed by atoms with van der Waals surface area (Å²) in [4.78, 5) is 26.9. The largest absolute Gasteiger partial charge is 0.507 e. The second-order valence-electron chi connectivity index (χ2n) is 4.51. The van der Waals surface area contributed by atoms with Crippen LogP contribution in [-0.2, 0) is 19.4 Å². The van der Waals surface area contributed by atoms with Crippen LogP contribution in [0.1, 0.15) is 5.56 Å². The number of sulfone groups is 1. The van der Waals surface area contributed by atoms with E-state index in [0.29, 0.717) is 5.56 Å². The lowest BCUT2D eigenvalue weighted by Crippen LogP contribution is -2.02. The smallest absolute Gasteiger partial charge is 0.240 e. The minimum atomic E-state index is -4.10. The third-order valence-electron chi connectivity index (χ3n) is 3.06. The number of phenols is 1.